The summed E-state index contributed by atoms with van der Waals surface area (Å²) in [5.74, 6) is 0. The maximum atomic E-state index is 12.2. The maximum absolute atomic E-state index is 12.2. The standard InChI is InChI=1S/C12H16ClN3O2/c1-12(2)10(14-18)16(11(17)15(12)3)9-6-4-8(13)5-7-9/h4-7,10,14,18H,1-3H3. The molecule has 98 valence electrons. The van der Waals surface area contributed by atoms with E-state index >= 15 is 0 Å². The highest BCUT2D eigenvalue weighted by Crippen LogP contribution is 2.33. The van der Waals surface area contributed by atoms with Crippen LogP contribution in [0.25, 0.3) is 0 Å². The van der Waals surface area contributed by atoms with Gasteiger partial charge in [-0.15, -0.1) is 0 Å². The van der Waals surface area contributed by atoms with Gasteiger partial charge in [0, 0.05) is 17.8 Å². The predicted molar refractivity (Wildman–Crippen MR) is 69.9 cm³/mol. The number of rotatable bonds is 2. The van der Waals surface area contributed by atoms with Gasteiger partial charge in [0.25, 0.3) is 0 Å². The Hall–Kier alpha value is -1.30. The molecule has 1 heterocycles. The first-order valence-electron chi connectivity index (χ1n) is 5.62. The van der Waals surface area contributed by atoms with Crippen LogP contribution >= 0.6 is 11.6 Å². The zero-order chi connectivity index (χ0) is 13.5. The van der Waals surface area contributed by atoms with E-state index in [0.29, 0.717) is 10.7 Å². The number of amides is 2. The van der Waals surface area contributed by atoms with Crippen LogP contribution < -0.4 is 10.4 Å². The molecule has 1 fully saturated rings. The number of hydrogen-bond acceptors (Lipinski definition) is 3. The van der Waals surface area contributed by atoms with Crippen LogP contribution in [0.2, 0.25) is 5.02 Å². The number of nitrogens with one attached hydrogen (secondary N) is 1. The molecule has 5 nitrogen and oxygen atoms in total. The van der Waals surface area contributed by atoms with Gasteiger partial charge in [-0.25, -0.2) is 4.79 Å². The molecule has 6 heteroatoms. The first-order valence-corrected chi connectivity index (χ1v) is 5.99. The lowest BCUT2D eigenvalue weighted by molar-refractivity contribution is 0.0769. The lowest BCUT2D eigenvalue weighted by atomic mass is 10.0. The van der Waals surface area contributed by atoms with Gasteiger partial charge in [-0.3, -0.25) is 4.90 Å². The van der Waals surface area contributed by atoms with Crippen LogP contribution in [0.15, 0.2) is 24.3 Å². The minimum atomic E-state index is -0.522. The maximum Gasteiger partial charge on any atom is 0.326 e. The molecule has 0 bridgehead atoms. The molecule has 1 aliphatic rings. The SMILES string of the molecule is CN1C(=O)N(c2ccc(Cl)cc2)C(NO)C1(C)C. The minimum absolute atomic E-state index is 0.172. The topological polar surface area (TPSA) is 55.8 Å². The lowest BCUT2D eigenvalue weighted by Crippen LogP contribution is -2.53. The molecular formula is C12H16ClN3O2. The first-order chi connectivity index (χ1) is 8.39. The molecule has 0 aliphatic carbocycles. The molecule has 18 heavy (non-hydrogen) atoms. The number of likely N-dealkylation sites (N-methyl/N-ethyl adjacent to an activating group) is 1. The fourth-order valence-corrected chi connectivity index (χ4v) is 2.22. The number of urea groups is 1. The van der Waals surface area contributed by atoms with E-state index in [9.17, 15) is 10.0 Å². The summed E-state index contributed by atoms with van der Waals surface area (Å²) in [4.78, 5) is 15.3. The molecule has 0 spiro atoms. The average molecular weight is 270 g/mol. The quantitative estimate of drug-likeness (QED) is 0.810. The first kappa shape index (κ1) is 13.1. The largest absolute Gasteiger partial charge is 0.326 e. The molecule has 0 saturated carbocycles. The summed E-state index contributed by atoms with van der Waals surface area (Å²) >= 11 is 5.83. The number of hydrogen-bond donors (Lipinski definition) is 2. The third-order valence-corrected chi connectivity index (χ3v) is 3.76. The van der Waals surface area contributed by atoms with E-state index in [4.69, 9.17) is 11.6 Å². The monoisotopic (exact) mass is 269 g/mol. The highest BCUT2D eigenvalue weighted by atomic mass is 35.5. The van der Waals surface area contributed by atoms with Crippen molar-refractivity contribution in [3.8, 4) is 0 Å². The van der Waals surface area contributed by atoms with E-state index < -0.39 is 11.7 Å². The van der Waals surface area contributed by atoms with Crippen LogP contribution in [0.3, 0.4) is 0 Å². The number of carbonyl (C=O) groups is 1. The van der Waals surface area contributed by atoms with Crippen LogP contribution in [-0.2, 0) is 0 Å². The number of anilines is 1. The van der Waals surface area contributed by atoms with Crippen LogP contribution in [0.5, 0.6) is 0 Å². The molecule has 1 unspecified atom stereocenters. The smallest absolute Gasteiger partial charge is 0.319 e. The summed E-state index contributed by atoms with van der Waals surface area (Å²) in [5.41, 5.74) is 2.37. The van der Waals surface area contributed by atoms with Gasteiger partial charge in [0.2, 0.25) is 0 Å². The van der Waals surface area contributed by atoms with Crippen molar-refractivity contribution in [2.45, 2.75) is 25.6 Å². The van der Waals surface area contributed by atoms with Crippen molar-refractivity contribution in [2.75, 3.05) is 11.9 Å². The molecule has 1 saturated heterocycles. The zero-order valence-electron chi connectivity index (χ0n) is 10.5. The van der Waals surface area contributed by atoms with Crippen molar-refractivity contribution in [3.63, 3.8) is 0 Å². The Morgan fingerprint density at radius 3 is 2.39 bits per heavy atom. The van der Waals surface area contributed by atoms with Crippen molar-refractivity contribution >= 4 is 23.3 Å². The normalized spacial score (nSPS) is 22.7. The molecule has 1 aliphatic heterocycles. The molecule has 0 radical (unpaired) electrons. The van der Waals surface area contributed by atoms with Crippen LogP contribution in [0, 0.1) is 0 Å². The van der Waals surface area contributed by atoms with E-state index in [0.717, 1.165) is 0 Å². The minimum Gasteiger partial charge on any atom is -0.319 e. The molecule has 1 aromatic carbocycles. The average Bonchev–Trinajstić information content (AvgIpc) is 2.51. The van der Waals surface area contributed by atoms with Crippen molar-refractivity contribution in [3.05, 3.63) is 29.3 Å². The van der Waals surface area contributed by atoms with Crippen LogP contribution in [0.4, 0.5) is 10.5 Å². The third-order valence-electron chi connectivity index (χ3n) is 3.51. The Kier molecular flexibility index (Phi) is 3.23. The Morgan fingerprint density at radius 2 is 1.89 bits per heavy atom. The van der Waals surface area contributed by atoms with Gasteiger partial charge in [0.15, 0.2) is 0 Å². The van der Waals surface area contributed by atoms with E-state index in [1.807, 2.05) is 13.8 Å². The molecule has 2 N–H and O–H groups in total. The van der Waals surface area contributed by atoms with Crippen LogP contribution in [-0.4, -0.2) is 34.9 Å². The highest BCUT2D eigenvalue weighted by Gasteiger charge is 2.50. The lowest BCUT2D eigenvalue weighted by Gasteiger charge is -2.32. The second-order valence-electron chi connectivity index (χ2n) is 4.87. The van der Waals surface area contributed by atoms with Crippen molar-refractivity contribution < 1.29 is 10.0 Å². The van der Waals surface area contributed by atoms with Gasteiger partial charge in [-0.05, 0) is 38.1 Å². The van der Waals surface area contributed by atoms with E-state index in [1.165, 1.54) is 4.90 Å². The number of hydroxylamine groups is 1. The Balaban J connectivity index is 2.43. The molecule has 2 rings (SSSR count). The number of nitrogens with zero attached hydrogens (tertiary/aromatic N) is 2. The molecular weight excluding hydrogens is 254 g/mol. The summed E-state index contributed by atoms with van der Waals surface area (Å²) < 4.78 is 0. The second kappa shape index (κ2) is 4.42. The van der Waals surface area contributed by atoms with E-state index in [-0.39, 0.29) is 6.03 Å². The van der Waals surface area contributed by atoms with Gasteiger partial charge in [0.05, 0.1) is 5.54 Å². The third kappa shape index (κ3) is 1.84. The van der Waals surface area contributed by atoms with Gasteiger partial charge >= 0.3 is 6.03 Å². The Bertz CT molecular complexity index is 461. The second-order valence-corrected chi connectivity index (χ2v) is 5.31. The summed E-state index contributed by atoms with van der Waals surface area (Å²) in [7, 11) is 1.71. The number of benzene rings is 1. The van der Waals surface area contributed by atoms with Gasteiger partial charge < -0.3 is 10.1 Å². The van der Waals surface area contributed by atoms with Crippen LogP contribution in [0.1, 0.15) is 13.8 Å². The Morgan fingerprint density at radius 1 is 1.33 bits per heavy atom. The molecule has 1 atom stereocenters. The fraction of sp³-hybridized carbons (Fsp3) is 0.417. The van der Waals surface area contributed by atoms with E-state index in [2.05, 4.69) is 5.48 Å². The van der Waals surface area contributed by atoms with E-state index in [1.54, 1.807) is 36.2 Å². The van der Waals surface area contributed by atoms with Crippen molar-refractivity contribution in [2.24, 2.45) is 0 Å². The number of halogens is 1. The molecule has 1 aromatic rings. The Labute approximate surface area is 111 Å². The predicted octanol–water partition coefficient (Wildman–Crippen LogP) is 2.30. The fourth-order valence-electron chi connectivity index (χ4n) is 2.09. The zero-order valence-corrected chi connectivity index (χ0v) is 11.3. The molecule has 2 amide bonds. The summed E-state index contributed by atoms with van der Waals surface area (Å²) in [6.07, 6.45) is -0.517. The summed E-state index contributed by atoms with van der Waals surface area (Å²) in [6.45, 7) is 3.77. The van der Waals surface area contributed by atoms with Crippen molar-refractivity contribution in [1.82, 2.24) is 10.4 Å². The van der Waals surface area contributed by atoms with Crippen molar-refractivity contribution in [1.29, 1.82) is 0 Å². The van der Waals surface area contributed by atoms with Gasteiger partial charge in [-0.2, -0.15) is 5.48 Å². The summed E-state index contributed by atoms with van der Waals surface area (Å²) in [6, 6.07) is 6.75. The van der Waals surface area contributed by atoms with Gasteiger partial charge in [0.1, 0.15) is 6.17 Å². The van der Waals surface area contributed by atoms with Gasteiger partial charge in [-0.1, -0.05) is 11.6 Å². The molecule has 0 aromatic heterocycles. The highest BCUT2D eigenvalue weighted by molar-refractivity contribution is 6.30. The summed E-state index contributed by atoms with van der Waals surface area (Å²) in [5, 5.41) is 9.93. The number of carbonyl (C=O) groups excluding carboxylic acids is 1.